The molecule has 164 valence electrons. The predicted octanol–water partition coefficient (Wildman–Crippen LogP) is 2.29. The molecule has 1 aliphatic heterocycles. The van der Waals surface area contributed by atoms with Crippen LogP contribution in [-0.2, 0) is 16.1 Å². The van der Waals surface area contributed by atoms with Gasteiger partial charge in [0.25, 0.3) is 0 Å². The summed E-state index contributed by atoms with van der Waals surface area (Å²) in [6.45, 7) is 4.21. The highest BCUT2D eigenvalue weighted by Crippen LogP contribution is 2.28. The summed E-state index contributed by atoms with van der Waals surface area (Å²) < 4.78 is 41.9. The van der Waals surface area contributed by atoms with Crippen molar-refractivity contribution in [3.05, 3.63) is 29.3 Å². The van der Waals surface area contributed by atoms with Gasteiger partial charge < -0.3 is 20.7 Å². The largest absolute Gasteiger partial charge is 0.573 e. The summed E-state index contributed by atoms with van der Waals surface area (Å²) in [6.07, 6.45) is -3.73. The zero-order chi connectivity index (χ0) is 22.5. The quantitative estimate of drug-likeness (QED) is 0.726. The first-order valence-electron chi connectivity index (χ1n) is 9.62. The van der Waals surface area contributed by atoms with Gasteiger partial charge in [-0.25, -0.2) is 0 Å². The molecule has 1 aromatic rings. The number of nitriles is 1. The lowest BCUT2D eigenvalue weighted by Gasteiger charge is -2.34. The van der Waals surface area contributed by atoms with Crippen LogP contribution >= 0.6 is 0 Å². The SMILES string of the molecule is CC(C)[C@@H](N)C(=O)N1CCC[C@@H](C(=O)NCc2ccc(C#N)cc2OC(F)(F)F)C1. The molecule has 0 unspecified atom stereocenters. The summed E-state index contributed by atoms with van der Waals surface area (Å²) in [6, 6.07) is 4.73. The topological polar surface area (TPSA) is 108 Å². The van der Waals surface area contributed by atoms with E-state index in [1.54, 1.807) is 11.0 Å². The van der Waals surface area contributed by atoms with Gasteiger partial charge in [-0.05, 0) is 30.9 Å². The molecule has 0 bridgehead atoms. The number of hydrogen-bond donors (Lipinski definition) is 2. The van der Waals surface area contributed by atoms with Crippen LogP contribution in [0.25, 0.3) is 0 Å². The van der Waals surface area contributed by atoms with Crippen molar-refractivity contribution in [2.45, 2.75) is 45.6 Å². The molecule has 0 spiro atoms. The number of benzene rings is 1. The number of hydrogen-bond acceptors (Lipinski definition) is 5. The Hall–Kier alpha value is -2.80. The van der Waals surface area contributed by atoms with Gasteiger partial charge in [0.2, 0.25) is 11.8 Å². The van der Waals surface area contributed by atoms with Crippen LogP contribution in [0.2, 0.25) is 0 Å². The van der Waals surface area contributed by atoms with E-state index in [1.807, 2.05) is 13.8 Å². The maximum absolute atomic E-state index is 12.6. The Balaban J connectivity index is 2.03. The molecule has 1 saturated heterocycles. The Morgan fingerprint density at radius 1 is 1.40 bits per heavy atom. The van der Waals surface area contributed by atoms with E-state index in [1.165, 1.54) is 12.1 Å². The number of nitrogens with zero attached hydrogens (tertiary/aromatic N) is 2. The van der Waals surface area contributed by atoms with Crippen molar-refractivity contribution in [1.29, 1.82) is 5.26 Å². The Morgan fingerprint density at radius 3 is 2.70 bits per heavy atom. The lowest BCUT2D eigenvalue weighted by Crippen LogP contribution is -2.52. The van der Waals surface area contributed by atoms with Gasteiger partial charge in [0.15, 0.2) is 0 Å². The van der Waals surface area contributed by atoms with Crippen LogP contribution in [0.1, 0.15) is 37.8 Å². The minimum absolute atomic E-state index is 0.00672. The molecule has 1 heterocycles. The van der Waals surface area contributed by atoms with Gasteiger partial charge in [-0.2, -0.15) is 5.26 Å². The molecule has 0 aliphatic carbocycles. The van der Waals surface area contributed by atoms with Crippen molar-refractivity contribution in [3.63, 3.8) is 0 Å². The molecule has 1 aromatic carbocycles. The Morgan fingerprint density at radius 2 is 2.10 bits per heavy atom. The summed E-state index contributed by atoms with van der Waals surface area (Å²) >= 11 is 0. The first-order chi connectivity index (χ1) is 14.0. The Bertz CT molecular complexity index is 820. The van der Waals surface area contributed by atoms with Gasteiger partial charge in [-0.15, -0.1) is 13.2 Å². The summed E-state index contributed by atoms with van der Waals surface area (Å²) in [5.41, 5.74) is 6.01. The van der Waals surface area contributed by atoms with Crippen LogP contribution < -0.4 is 15.8 Å². The van der Waals surface area contributed by atoms with E-state index < -0.39 is 24.1 Å². The van der Waals surface area contributed by atoms with E-state index in [4.69, 9.17) is 11.0 Å². The number of piperidine rings is 1. The third-order valence-electron chi connectivity index (χ3n) is 4.98. The van der Waals surface area contributed by atoms with Crippen LogP contribution in [0.3, 0.4) is 0 Å². The van der Waals surface area contributed by atoms with Gasteiger partial charge in [0.1, 0.15) is 5.75 Å². The van der Waals surface area contributed by atoms with Gasteiger partial charge in [0, 0.05) is 25.2 Å². The zero-order valence-corrected chi connectivity index (χ0v) is 16.8. The zero-order valence-electron chi connectivity index (χ0n) is 16.8. The summed E-state index contributed by atoms with van der Waals surface area (Å²) in [5, 5.41) is 11.5. The van der Waals surface area contributed by atoms with Crippen molar-refractivity contribution in [1.82, 2.24) is 10.2 Å². The molecule has 3 N–H and O–H groups in total. The fourth-order valence-electron chi connectivity index (χ4n) is 3.20. The molecule has 30 heavy (non-hydrogen) atoms. The van der Waals surface area contributed by atoms with E-state index in [9.17, 15) is 22.8 Å². The molecule has 2 rings (SSSR count). The minimum Gasteiger partial charge on any atom is -0.405 e. The third-order valence-corrected chi connectivity index (χ3v) is 4.98. The Kier molecular flexibility index (Phi) is 7.67. The molecule has 10 heteroatoms. The number of alkyl halides is 3. The number of nitrogens with two attached hydrogens (primary N) is 1. The van der Waals surface area contributed by atoms with E-state index in [0.29, 0.717) is 19.4 Å². The maximum atomic E-state index is 12.6. The lowest BCUT2D eigenvalue weighted by atomic mass is 9.95. The van der Waals surface area contributed by atoms with E-state index in [0.717, 1.165) is 6.07 Å². The number of nitrogens with one attached hydrogen (secondary N) is 1. The number of halogens is 3. The maximum Gasteiger partial charge on any atom is 0.573 e. The molecule has 2 amide bonds. The molecule has 1 fully saturated rings. The molecule has 0 aromatic heterocycles. The molecule has 2 atom stereocenters. The fourth-order valence-corrected chi connectivity index (χ4v) is 3.20. The van der Waals surface area contributed by atoms with Crippen LogP contribution in [0.5, 0.6) is 5.75 Å². The highest BCUT2D eigenvalue weighted by Gasteiger charge is 2.33. The second-order valence-electron chi connectivity index (χ2n) is 7.59. The van der Waals surface area contributed by atoms with E-state index >= 15 is 0 Å². The average Bonchev–Trinajstić information content (AvgIpc) is 2.70. The van der Waals surface area contributed by atoms with Crippen LogP contribution in [0.4, 0.5) is 13.2 Å². The summed E-state index contributed by atoms with van der Waals surface area (Å²) in [4.78, 5) is 26.6. The molecule has 1 aliphatic rings. The van der Waals surface area contributed by atoms with Gasteiger partial charge >= 0.3 is 6.36 Å². The van der Waals surface area contributed by atoms with Crippen molar-refractivity contribution in [2.24, 2.45) is 17.6 Å². The number of likely N-dealkylation sites (tertiary alicyclic amines) is 1. The van der Waals surface area contributed by atoms with Gasteiger partial charge in [-0.1, -0.05) is 19.9 Å². The fraction of sp³-hybridized carbons (Fsp3) is 0.550. The predicted molar refractivity (Wildman–Crippen MR) is 102 cm³/mol. The second kappa shape index (κ2) is 9.80. The van der Waals surface area contributed by atoms with Crippen molar-refractivity contribution < 1.29 is 27.5 Å². The first-order valence-corrected chi connectivity index (χ1v) is 9.62. The second-order valence-corrected chi connectivity index (χ2v) is 7.59. The number of carbonyl (C=O) groups excluding carboxylic acids is 2. The van der Waals surface area contributed by atoms with Crippen LogP contribution in [0, 0.1) is 23.2 Å². The highest BCUT2D eigenvalue weighted by atomic mass is 19.4. The minimum atomic E-state index is -4.92. The van der Waals surface area contributed by atoms with Crippen molar-refractivity contribution in [2.75, 3.05) is 13.1 Å². The summed E-state index contributed by atoms with van der Waals surface area (Å²) in [7, 11) is 0. The van der Waals surface area contributed by atoms with Crippen LogP contribution in [-0.4, -0.2) is 42.2 Å². The summed E-state index contributed by atoms with van der Waals surface area (Å²) in [5.74, 6) is -1.63. The third kappa shape index (κ3) is 6.35. The van der Waals surface area contributed by atoms with E-state index in [2.05, 4.69) is 10.1 Å². The molecule has 0 saturated carbocycles. The molecular weight excluding hydrogens is 401 g/mol. The Labute approximate surface area is 173 Å². The smallest absolute Gasteiger partial charge is 0.405 e. The highest BCUT2D eigenvalue weighted by molar-refractivity contribution is 5.84. The molecule has 7 nitrogen and oxygen atoms in total. The number of ether oxygens (including phenoxy) is 1. The lowest BCUT2D eigenvalue weighted by molar-refractivity contribution is -0.274. The van der Waals surface area contributed by atoms with Gasteiger partial charge in [0.05, 0.1) is 23.6 Å². The standard InChI is InChI=1S/C20H25F3N4O3/c1-12(2)17(25)19(29)27-7-3-4-15(11-27)18(28)26-10-14-6-5-13(9-24)8-16(14)30-20(21,22)23/h5-6,8,12,15,17H,3-4,7,10-11,25H2,1-2H3,(H,26,28)/t15-,17-/m1/s1. The van der Waals surface area contributed by atoms with Crippen molar-refractivity contribution >= 4 is 11.8 Å². The number of carbonyl (C=O) groups is 2. The van der Waals surface area contributed by atoms with E-state index in [-0.39, 0.29) is 41.9 Å². The first kappa shape index (κ1) is 23.5. The molecule has 0 radical (unpaired) electrons. The number of amides is 2. The molecular formula is C20H25F3N4O3. The average molecular weight is 426 g/mol. The monoisotopic (exact) mass is 426 g/mol. The van der Waals surface area contributed by atoms with Gasteiger partial charge in [-0.3, -0.25) is 9.59 Å². The van der Waals surface area contributed by atoms with Crippen molar-refractivity contribution in [3.8, 4) is 11.8 Å². The van der Waals surface area contributed by atoms with Crippen LogP contribution in [0.15, 0.2) is 18.2 Å². The normalized spacial score (nSPS) is 17.9. The number of rotatable bonds is 6.